The number of amides is 1. The number of ether oxygens (including phenoxy) is 2. The van der Waals surface area contributed by atoms with Crippen molar-refractivity contribution in [2.75, 3.05) is 25.7 Å². The minimum Gasteiger partial charge on any atom is -0.497 e. The van der Waals surface area contributed by atoms with Crippen LogP contribution >= 0.6 is 0 Å². The van der Waals surface area contributed by atoms with Crippen molar-refractivity contribution >= 4 is 28.3 Å². The molecule has 0 atom stereocenters. The van der Waals surface area contributed by atoms with Gasteiger partial charge in [-0.25, -0.2) is 10.5 Å². The molecule has 2 heterocycles. The van der Waals surface area contributed by atoms with Crippen LogP contribution in [0.2, 0.25) is 0 Å². The summed E-state index contributed by atoms with van der Waals surface area (Å²) in [5, 5.41) is 13.1. The van der Waals surface area contributed by atoms with E-state index in [0.29, 0.717) is 12.3 Å². The molecule has 204 valence electrons. The van der Waals surface area contributed by atoms with Gasteiger partial charge in [0.1, 0.15) is 11.5 Å². The summed E-state index contributed by atoms with van der Waals surface area (Å²) >= 11 is 0. The molecular formula is C29H34N6O4. The van der Waals surface area contributed by atoms with Gasteiger partial charge in [0, 0.05) is 60.8 Å². The van der Waals surface area contributed by atoms with E-state index >= 15 is 0 Å². The van der Waals surface area contributed by atoms with Crippen molar-refractivity contribution in [3.8, 4) is 22.8 Å². The molecule has 4 aromatic rings. The van der Waals surface area contributed by atoms with Crippen molar-refractivity contribution in [2.45, 2.75) is 45.1 Å². The van der Waals surface area contributed by atoms with Crippen LogP contribution in [0.1, 0.15) is 38.5 Å². The molecule has 1 aliphatic carbocycles. The molecule has 0 saturated heterocycles. The number of hydrogen-bond acceptors (Lipinski definition) is 8. The third kappa shape index (κ3) is 6.64. The van der Waals surface area contributed by atoms with Crippen molar-refractivity contribution in [3.63, 3.8) is 0 Å². The van der Waals surface area contributed by atoms with Crippen LogP contribution in [-0.2, 0) is 11.3 Å². The van der Waals surface area contributed by atoms with Crippen LogP contribution in [0.3, 0.4) is 0 Å². The highest BCUT2D eigenvalue weighted by Crippen LogP contribution is 2.38. The van der Waals surface area contributed by atoms with Gasteiger partial charge in [-0.1, -0.05) is 6.42 Å². The number of rotatable bonds is 13. The third-order valence-electron chi connectivity index (χ3n) is 6.97. The lowest BCUT2D eigenvalue weighted by Gasteiger charge is -2.26. The molecule has 2 aromatic heterocycles. The zero-order valence-electron chi connectivity index (χ0n) is 22.3. The lowest BCUT2D eigenvalue weighted by Crippen LogP contribution is -2.20. The molecule has 0 bridgehead atoms. The molecule has 1 fully saturated rings. The molecule has 10 nitrogen and oxygen atoms in total. The smallest absolute Gasteiger partial charge is 0.243 e. The molecule has 2 aromatic carbocycles. The van der Waals surface area contributed by atoms with Crippen LogP contribution in [-0.4, -0.2) is 51.6 Å². The number of methoxy groups -OCH3 is 2. The third-order valence-corrected chi connectivity index (χ3v) is 6.97. The Hall–Kier alpha value is -4.18. The number of carbonyl (C=O) groups is 1. The van der Waals surface area contributed by atoms with Gasteiger partial charge in [0.15, 0.2) is 0 Å². The molecule has 0 unspecified atom stereocenters. The summed E-state index contributed by atoms with van der Waals surface area (Å²) in [4.78, 5) is 23.0. The highest BCUT2D eigenvalue weighted by Gasteiger charge is 2.26. The monoisotopic (exact) mass is 530 g/mol. The standard InChI is InChI=1S/C29H34N6O4/c1-38-24-12-23(13-25(15-24)39-2)35(18-20-7-8-20)22-9-10-26-27(14-22)32-28(17-30-26)21-16-31-34(19-21)11-5-3-4-6-29(36)33-37/h9-10,12-17,19-20,37H,3-8,11,18H2,1-2H3,(H,33,36). The Morgan fingerprint density at radius 3 is 2.54 bits per heavy atom. The summed E-state index contributed by atoms with van der Waals surface area (Å²) in [6, 6.07) is 12.1. The van der Waals surface area contributed by atoms with E-state index in [4.69, 9.17) is 19.7 Å². The topological polar surface area (TPSA) is 115 Å². The first-order valence-electron chi connectivity index (χ1n) is 13.3. The maximum absolute atomic E-state index is 11.1. The Kier molecular flexibility index (Phi) is 8.21. The lowest BCUT2D eigenvalue weighted by molar-refractivity contribution is -0.129. The molecule has 39 heavy (non-hydrogen) atoms. The number of nitrogens with one attached hydrogen (secondary N) is 1. The second-order valence-corrected chi connectivity index (χ2v) is 9.89. The number of fused-ring (bicyclic) bond motifs is 1. The molecule has 1 amide bonds. The molecule has 2 N–H and O–H groups in total. The Balaban J connectivity index is 1.35. The minimum atomic E-state index is -0.353. The van der Waals surface area contributed by atoms with Crippen molar-refractivity contribution < 1.29 is 19.5 Å². The van der Waals surface area contributed by atoms with Gasteiger partial charge >= 0.3 is 0 Å². The van der Waals surface area contributed by atoms with Crippen LogP contribution in [0.5, 0.6) is 11.5 Å². The molecule has 1 saturated carbocycles. The van der Waals surface area contributed by atoms with E-state index in [2.05, 4.69) is 27.1 Å². The quantitative estimate of drug-likeness (QED) is 0.139. The maximum Gasteiger partial charge on any atom is 0.243 e. The normalized spacial score (nSPS) is 12.9. The summed E-state index contributed by atoms with van der Waals surface area (Å²) in [6.07, 6.45) is 10.8. The van der Waals surface area contributed by atoms with Gasteiger partial charge in [0.2, 0.25) is 5.91 Å². The van der Waals surface area contributed by atoms with Crippen LogP contribution in [0.4, 0.5) is 11.4 Å². The van der Waals surface area contributed by atoms with Gasteiger partial charge in [-0.15, -0.1) is 0 Å². The van der Waals surface area contributed by atoms with Gasteiger partial charge in [-0.2, -0.15) is 5.10 Å². The Bertz CT molecular complexity index is 1410. The number of unbranched alkanes of at least 4 members (excludes halogenated alkanes) is 2. The van der Waals surface area contributed by atoms with Crippen molar-refractivity contribution in [2.24, 2.45) is 5.92 Å². The summed E-state index contributed by atoms with van der Waals surface area (Å²) in [5.41, 5.74) is 7.04. The number of anilines is 2. The van der Waals surface area contributed by atoms with E-state index < -0.39 is 0 Å². The number of carbonyl (C=O) groups excluding carboxylic acids is 1. The summed E-state index contributed by atoms with van der Waals surface area (Å²) in [7, 11) is 3.33. The highest BCUT2D eigenvalue weighted by molar-refractivity contribution is 5.82. The van der Waals surface area contributed by atoms with Crippen LogP contribution in [0.25, 0.3) is 22.3 Å². The first kappa shape index (κ1) is 26.4. The molecule has 0 aliphatic heterocycles. The number of hydroxylamine groups is 1. The predicted octanol–water partition coefficient (Wildman–Crippen LogP) is 5.12. The average Bonchev–Trinajstić information content (AvgIpc) is 3.68. The van der Waals surface area contributed by atoms with E-state index in [1.165, 1.54) is 12.8 Å². The van der Waals surface area contributed by atoms with Gasteiger partial charge in [0.25, 0.3) is 0 Å². The Morgan fingerprint density at radius 2 is 1.82 bits per heavy atom. The maximum atomic E-state index is 11.1. The van der Waals surface area contributed by atoms with E-state index in [-0.39, 0.29) is 5.91 Å². The summed E-state index contributed by atoms with van der Waals surface area (Å²) < 4.78 is 12.9. The average molecular weight is 531 g/mol. The number of nitrogens with zero attached hydrogens (tertiary/aromatic N) is 5. The van der Waals surface area contributed by atoms with Gasteiger partial charge < -0.3 is 14.4 Å². The molecule has 0 spiro atoms. The zero-order valence-corrected chi connectivity index (χ0v) is 22.3. The van der Waals surface area contributed by atoms with Gasteiger partial charge in [-0.3, -0.25) is 19.7 Å². The fraction of sp³-hybridized carbons (Fsp3) is 0.379. The highest BCUT2D eigenvalue weighted by atomic mass is 16.5. The largest absolute Gasteiger partial charge is 0.497 e. The van der Waals surface area contributed by atoms with Gasteiger partial charge in [0.05, 0.1) is 43.3 Å². The Labute approximate surface area is 227 Å². The SMILES string of the molecule is COc1cc(OC)cc(N(CC2CC2)c2ccc3ncc(-c4cnn(CCCCCC(=O)NO)c4)nc3c2)c1. The molecule has 1 aliphatic rings. The van der Waals surface area contributed by atoms with Gasteiger partial charge in [-0.05, 0) is 49.8 Å². The fourth-order valence-electron chi connectivity index (χ4n) is 4.58. The molecule has 5 rings (SSSR count). The number of hydrogen-bond donors (Lipinski definition) is 2. The second kappa shape index (κ2) is 12.1. The number of aromatic nitrogens is 4. The minimum absolute atomic E-state index is 0.318. The van der Waals surface area contributed by atoms with E-state index in [0.717, 1.165) is 77.5 Å². The number of benzene rings is 2. The van der Waals surface area contributed by atoms with E-state index in [1.54, 1.807) is 32.1 Å². The molecule has 0 radical (unpaired) electrons. The molecular weight excluding hydrogens is 496 g/mol. The summed E-state index contributed by atoms with van der Waals surface area (Å²) in [6.45, 7) is 1.65. The second-order valence-electron chi connectivity index (χ2n) is 9.89. The lowest BCUT2D eigenvalue weighted by atomic mass is 10.1. The summed E-state index contributed by atoms with van der Waals surface area (Å²) in [5.74, 6) is 1.81. The van der Waals surface area contributed by atoms with Crippen LogP contribution in [0.15, 0.2) is 55.0 Å². The van der Waals surface area contributed by atoms with Crippen LogP contribution in [0, 0.1) is 5.92 Å². The Morgan fingerprint density at radius 1 is 1.03 bits per heavy atom. The van der Waals surface area contributed by atoms with Crippen molar-refractivity contribution in [1.82, 2.24) is 25.2 Å². The van der Waals surface area contributed by atoms with Crippen molar-refractivity contribution in [1.29, 1.82) is 0 Å². The van der Waals surface area contributed by atoms with E-state index in [9.17, 15) is 4.79 Å². The first-order chi connectivity index (χ1) is 19.1. The molecule has 10 heteroatoms. The predicted molar refractivity (Wildman–Crippen MR) is 148 cm³/mol. The number of aryl methyl sites for hydroxylation is 1. The van der Waals surface area contributed by atoms with Crippen molar-refractivity contribution in [3.05, 3.63) is 55.0 Å². The zero-order chi connectivity index (χ0) is 27.2. The van der Waals surface area contributed by atoms with Crippen LogP contribution < -0.4 is 19.9 Å². The fourth-order valence-corrected chi connectivity index (χ4v) is 4.58. The van der Waals surface area contributed by atoms with E-state index in [1.807, 2.05) is 35.1 Å². The first-order valence-corrected chi connectivity index (χ1v) is 13.3.